The van der Waals surface area contributed by atoms with E-state index in [-0.39, 0.29) is 11.2 Å². The van der Waals surface area contributed by atoms with E-state index in [2.05, 4.69) is 15.6 Å². The van der Waals surface area contributed by atoms with Gasteiger partial charge in [0.25, 0.3) is 0 Å². The van der Waals surface area contributed by atoms with Crippen LogP contribution in [0.5, 0.6) is 0 Å². The monoisotopic (exact) mass is 369 g/mol. The van der Waals surface area contributed by atoms with Gasteiger partial charge in [0.15, 0.2) is 5.96 Å². The smallest absolute Gasteiger partial charge is 0.191 e. The van der Waals surface area contributed by atoms with Gasteiger partial charge in [-0.05, 0) is 17.4 Å². The van der Waals surface area contributed by atoms with Crippen molar-refractivity contribution in [3.63, 3.8) is 0 Å². The zero-order valence-corrected chi connectivity index (χ0v) is 16.5. The first kappa shape index (κ1) is 21.4. The molecular formula is C18H31N3O3S. The molecule has 0 saturated heterocycles. The molecule has 6 nitrogen and oxygen atoms in total. The van der Waals surface area contributed by atoms with E-state index in [9.17, 15) is 8.42 Å². The molecule has 142 valence electrons. The molecule has 0 amide bonds. The summed E-state index contributed by atoms with van der Waals surface area (Å²) in [6, 6.07) is 10.0. The van der Waals surface area contributed by atoms with Gasteiger partial charge in [0, 0.05) is 26.4 Å². The van der Waals surface area contributed by atoms with Crippen LogP contribution in [0.4, 0.5) is 0 Å². The van der Waals surface area contributed by atoms with Crippen LogP contribution in [-0.2, 0) is 21.2 Å². The maximum absolute atomic E-state index is 11.3. The molecule has 1 aromatic carbocycles. The Morgan fingerprint density at radius 1 is 1.20 bits per heavy atom. The number of rotatable bonds is 10. The third-order valence-corrected chi connectivity index (χ3v) is 4.70. The minimum atomic E-state index is -2.94. The lowest BCUT2D eigenvalue weighted by molar-refractivity contribution is 0.125. The summed E-state index contributed by atoms with van der Waals surface area (Å²) in [6.07, 6.45) is 1.88. The molecule has 25 heavy (non-hydrogen) atoms. The molecular weight excluding hydrogens is 338 g/mol. The van der Waals surface area contributed by atoms with Crippen LogP contribution in [0.3, 0.4) is 0 Å². The predicted octanol–water partition coefficient (Wildman–Crippen LogP) is 1.83. The minimum absolute atomic E-state index is 0.134. The molecule has 0 aliphatic heterocycles. The van der Waals surface area contributed by atoms with Crippen molar-refractivity contribution in [1.82, 2.24) is 10.6 Å². The Morgan fingerprint density at radius 3 is 2.48 bits per heavy atom. The van der Waals surface area contributed by atoms with E-state index >= 15 is 0 Å². The van der Waals surface area contributed by atoms with Gasteiger partial charge in [0.05, 0.1) is 19.0 Å². The standard InChI is InChI=1S/C18H31N3O3S/c1-18(2,10-13-25(4,22)23)15-21-17(19-3)20-11-12-24-14-16-8-6-5-7-9-16/h5-9H,10-15H2,1-4H3,(H2,19,20,21). The lowest BCUT2D eigenvalue weighted by Gasteiger charge is -2.25. The van der Waals surface area contributed by atoms with Gasteiger partial charge in [0.1, 0.15) is 9.84 Å². The molecule has 1 aromatic rings. The topological polar surface area (TPSA) is 79.8 Å². The third-order valence-electron chi connectivity index (χ3n) is 3.76. The molecule has 0 atom stereocenters. The Hall–Kier alpha value is -1.60. The van der Waals surface area contributed by atoms with Gasteiger partial charge in [-0.25, -0.2) is 8.42 Å². The summed E-state index contributed by atoms with van der Waals surface area (Å²) >= 11 is 0. The Morgan fingerprint density at radius 2 is 1.88 bits per heavy atom. The molecule has 0 radical (unpaired) electrons. The fraction of sp³-hybridized carbons (Fsp3) is 0.611. The van der Waals surface area contributed by atoms with E-state index < -0.39 is 9.84 Å². The van der Waals surface area contributed by atoms with Gasteiger partial charge < -0.3 is 15.4 Å². The third kappa shape index (κ3) is 10.8. The molecule has 0 aliphatic carbocycles. The summed E-state index contributed by atoms with van der Waals surface area (Å²) in [6.45, 7) is 6.55. The number of nitrogens with one attached hydrogen (secondary N) is 2. The molecule has 0 spiro atoms. The van der Waals surface area contributed by atoms with Crippen LogP contribution in [-0.4, -0.2) is 53.1 Å². The Kier molecular flexibility index (Phi) is 8.92. The van der Waals surface area contributed by atoms with Crippen LogP contribution in [0.1, 0.15) is 25.8 Å². The summed E-state index contributed by atoms with van der Waals surface area (Å²) in [7, 11) is -1.22. The average molecular weight is 370 g/mol. The highest BCUT2D eigenvalue weighted by atomic mass is 32.2. The van der Waals surface area contributed by atoms with E-state index in [1.165, 1.54) is 6.26 Å². The van der Waals surface area contributed by atoms with Crippen molar-refractivity contribution in [3.05, 3.63) is 35.9 Å². The van der Waals surface area contributed by atoms with Crippen molar-refractivity contribution < 1.29 is 13.2 Å². The Bertz CT molecular complexity index is 628. The Labute approximate surface area is 152 Å². The average Bonchev–Trinajstić information content (AvgIpc) is 2.56. The van der Waals surface area contributed by atoms with E-state index in [1.807, 2.05) is 44.2 Å². The molecule has 0 bridgehead atoms. The summed E-state index contributed by atoms with van der Waals surface area (Å²) in [4.78, 5) is 4.18. The van der Waals surface area contributed by atoms with Crippen LogP contribution in [0.15, 0.2) is 35.3 Å². The van der Waals surface area contributed by atoms with E-state index in [0.717, 1.165) is 5.56 Å². The number of benzene rings is 1. The SMILES string of the molecule is CN=C(NCCOCc1ccccc1)NCC(C)(C)CCS(C)(=O)=O. The van der Waals surface area contributed by atoms with Gasteiger partial charge in [-0.3, -0.25) is 4.99 Å². The molecule has 7 heteroatoms. The van der Waals surface area contributed by atoms with Gasteiger partial charge in [-0.2, -0.15) is 0 Å². The van der Waals surface area contributed by atoms with Crippen molar-refractivity contribution in [2.45, 2.75) is 26.9 Å². The normalized spacial score (nSPS) is 12.9. The summed E-state index contributed by atoms with van der Waals surface area (Å²) in [5.41, 5.74) is 1.02. The number of hydrogen-bond acceptors (Lipinski definition) is 4. The number of sulfone groups is 1. The molecule has 0 heterocycles. The fourth-order valence-corrected chi connectivity index (χ4v) is 3.02. The summed E-state index contributed by atoms with van der Waals surface area (Å²) < 4.78 is 28.2. The molecule has 0 fully saturated rings. The fourth-order valence-electron chi connectivity index (χ4n) is 2.10. The lowest BCUT2D eigenvalue weighted by atomic mass is 9.90. The number of hydrogen-bond donors (Lipinski definition) is 2. The first-order valence-corrected chi connectivity index (χ1v) is 10.5. The minimum Gasteiger partial charge on any atom is -0.375 e. The van der Waals surface area contributed by atoms with Gasteiger partial charge >= 0.3 is 0 Å². The second-order valence-corrected chi connectivity index (χ2v) is 9.19. The summed E-state index contributed by atoms with van der Waals surface area (Å²) in [5, 5.41) is 6.44. The zero-order valence-electron chi connectivity index (χ0n) is 15.7. The first-order chi connectivity index (χ1) is 11.7. The number of nitrogens with zero attached hydrogens (tertiary/aromatic N) is 1. The molecule has 0 unspecified atom stereocenters. The molecule has 0 saturated carbocycles. The van der Waals surface area contributed by atoms with Crippen LogP contribution >= 0.6 is 0 Å². The van der Waals surface area contributed by atoms with Crippen molar-refractivity contribution in [3.8, 4) is 0 Å². The van der Waals surface area contributed by atoms with Gasteiger partial charge in [-0.15, -0.1) is 0 Å². The summed E-state index contributed by atoms with van der Waals surface area (Å²) in [5.74, 6) is 0.886. The molecule has 2 N–H and O–H groups in total. The molecule has 1 rings (SSSR count). The van der Waals surface area contributed by atoms with Crippen molar-refractivity contribution in [2.24, 2.45) is 10.4 Å². The van der Waals surface area contributed by atoms with E-state index in [4.69, 9.17) is 4.74 Å². The molecule has 0 aromatic heterocycles. The highest BCUT2D eigenvalue weighted by molar-refractivity contribution is 7.90. The van der Waals surface area contributed by atoms with E-state index in [0.29, 0.717) is 38.7 Å². The quantitative estimate of drug-likeness (QED) is 0.374. The van der Waals surface area contributed by atoms with E-state index in [1.54, 1.807) is 7.05 Å². The predicted molar refractivity (Wildman–Crippen MR) is 104 cm³/mol. The van der Waals surface area contributed by atoms with Crippen LogP contribution < -0.4 is 10.6 Å². The number of aliphatic imine (C=N–C) groups is 1. The zero-order chi connectivity index (χ0) is 18.8. The number of ether oxygens (including phenoxy) is 1. The maximum Gasteiger partial charge on any atom is 0.191 e. The number of guanidine groups is 1. The second-order valence-electron chi connectivity index (χ2n) is 6.93. The molecule has 0 aliphatic rings. The van der Waals surface area contributed by atoms with Crippen molar-refractivity contribution in [1.29, 1.82) is 0 Å². The van der Waals surface area contributed by atoms with Crippen LogP contribution in [0, 0.1) is 5.41 Å². The van der Waals surface area contributed by atoms with Crippen molar-refractivity contribution >= 4 is 15.8 Å². The van der Waals surface area contributed by atoms with Crippen LogP contribution in [0.25, 0.3) is 0 Å². The highest BCUT2D eigenvalue weighted by Gasteiger charge is 2.20. The lowest BCUT2D eigenvalue weighted by Crippen LogP contribution is -2.43. The first-order valence-electron chi connectivity index (χ1n) is 8.46. The largest absolute Gasteiger partial charge is 0.375 e. The van der Waals surface area contributed by atoms with Crippen LogP contribution in [0.2, 0.25) is 0 Å². The maximum atomic E-state index is 11.3. The Balaban J connectivity index is 2.23. The van der Waals surface area contributed by atoms with Crippen molar-refractivity contribution in [2.75, 3.05) is 38.8 Å². The van der Waals surface area contributed by atoms with Gasteiger partial charge in [-0.1, -0.05) is 44.2 Å². The second kappa shape index (κ2) is 10.4. The van der Waals surface area contributed by atoms with Gasteiger partial charge in [0.2, 0.25) is 0 Å². The highest BCUT2D eigenvalue weighted by Crippen LogP contribution is 2.19.